The Hall–Kier alpha value is -1.00. The molecular weight excluding hydrogens is 242 g/mol. The number of fused-ring (bicyclic) bond motifs is 2. The van der Waals surface area contributed by atoms with Gasteiger partial charge in [-0.2, -0.15) is 0 Å². The van der Waals surface area contributed by atoms with Gasteiger partial charge in [-0.1, -0.05) is 18.2 Å². The van der Waals surface area contributed by atoms with Gasteiger partial charge in [0, 0.05) is 6.42 Å². The highest BCUT2D eigenvalue weighted by atomic mass is 32.2. The quantitative estimate of drug-likeness (QED) is 0.559. The van der Waals surface area contributed by atoms with Gasteiger partial charge in [0.05, 0.1) is 11.2 Å². The van der Waals surface area contributed by atoms with Crippen LogP contribution in [0.3, 0.4) is 0 Å². The second kappa shape index (κ2) is 3.50. The zero-order valence-corrected chi connectivity index (χ0v) is 10.7. The van der Waals surface area contributed by atoms with Crippen LogP contribution in [0.5, 0.6) is 0 Å². The van der Waals surface area contributed by atoms with Crippen molar-refractivity contribution in [2.24, 2.45) is 21.1 Å². The maximum atomic E-state index is 12.1. The molecule has 0 aliphatic heterocycles. The molecule has 2 aliphatic rings. The smallest absolute Gasteiger partial charge is 0.264 e. The number of rotatable bonds is 3. The average Bonchev–Trinajstić information content (AvgIpc) is 2.50. The number of sulfonamides is 1. The van der Waals surface area contributed by atoms with E-state index in [1.54, 1.807) is 0 Å². The fourth-order valence-electron chi connectivity index (χ4n) is 3.51. The molecule has 0 N–H and O–H groups in total. The molecule has 17 heavy (non-hydrogen) atoms. The summed E-state index contributed by atoms with van der Waals surface area (Å²) in [5, 5.41) is 0. The number of carbonyl (C=O) groups excluding carboxylic acids is 2. The van der Waals surface area contributed by atoms with E-state index in [-0.39, 0.29) is 22.9 Å². The molecule has 0 unspecified atom stereocenters. The van der Waals surface area contributed by atoms with Crippen LogP contribution in [0, 0.1) is 16.7 Å². The Kier molecular flexibility index (Phi) is 2.56. The molecule has 2 saturated carbocycles. The number of hydrogen-bond acceptors (Lipinski definition) is 4. The third-order valence-corrected chi connectivity index (χ3v) is 5.95. The van der Waals surface area contributed by atoms with Crippen LogP contribution >= 0.6 is 0 Å². The lowest BCUT2D eigenvalue weighted by Crippen LogP contribution is -2.41. The molecule has 0 aromatic rings. The van der Waals surface area contributed by atoms with Crippen molar-refractivity contribution in [2.45, 2.75) is 33.1 Å². The summed E-state index contributed by atoms with van der Waals surface area (Å²) in [5.74, 6) is -0.0914. The van der Waals surface area contributed by atoms with Crippen molar-refractivity contribution in [1.82, 2.24) is 0 Å². The molecule has 2 atom stereocenters. The minimum Gasteiger partial charge on any atom is -0.299 e. The van der Waals surface area contributed by atoms with Crippen LogP contribution in [-0.4, -0.2) is 26.0 Å². The minimum atomic E-state index is -3.88. The minimum absolute atomic E-state index is 0.00317. The van der Waals surface area contributed by atoms with Crippen LogP contribution in [0.2, 0.25) is 0 Å². The number of nitrogens with zero attached hydrogens (tertiary/aromatic N) is 1. The highest BCUT2D eigenvalue weighted by molar-refractivity contribution is 7.90. The number of hydrogen-bond donors (Lipinski definition) is 0. The molecule has 0 radical (unpaired) electrons. The van der Waals surface area contributed by atoms with E-state index in [1.807, 2.05) is 13.8 Å². The van der Waals surface area contributed by atoms with E-state index in [2.05, 4.69) is 4.40 Å². The Morgan fingerprint density at radius 3 is 2.53 bits per heavy atom. The summed E-state index contributed by atoms with van der Waals surface area (Å²) in [7, 11) is -3.88. The van der Waals surface area contributed by atoms with E-state index in [0.29, 0.717) is 12.8 Å². The first kappa shape index (κ1) is 12.5. The van der Waals surface area contributed by atoms with Gasteiger partial charge in [0.15, 0.2) is 0 Å². The molecule has 0 saturated heterocycles. The van der Waals surface area contributed by atoms with Gasteiger partial charge < -0.3 is 0 Å². The predicted octanol–water partition coefficient (Wildman–Crippen LogP) is 1.05. The summed E-state index contributed by atoms with van der Waals surface area (Å²) < 4.78 is 26.1. The Balaban J connectivity index is 2.43. The Bertz CT molecular complexity index is 516. The molecule has 0 heterocycles. The Morgan fingerprint density at radius 1 is 1.47 bits per heavy atom. The molecule has 5 nitrogen and oxygen atoms in total. The predicted molar refractivity (Wildman–Crippen MR) is 60.5 cm³/mol. The maximum Gasteiger partial charge on any atom is 0.264 e. The third-order valence-electron chi connectivity index (χ3n) is 4.74. The van der Waals surface area contributed by atoms with Crippen LogP contribution in [0.1, 0.15) is 33.1 Å². The summed E-state index contributed by atoms with van der Waals surface area (Å²) in [4.78, 5) is 22.1. The van der Waals surface area contributed by atoms with Crippen molar-refractivity contribution in [3.63, 3.8) is 0 Å². The molecule has 0 spiro atoms. The molecule has 0 aromatic carbocycles. The van der Waals surface area contributed by atoms with Crippen molar-refractivity contribution >= 4 is 21.9 Å². The van der Waals surface area contributed by atoms with Crippen LogP contribution in [-0.2, 0) is 19.6 Å². The summed E-state index contributed by atoms with van der Waals surface area (Å²) >= 11 is 0. The van der Waals surface area contributed by atoms with Crippen molar-refractivity contribution in [2.75, 3.05) is 5.75 Å². The zero-order valence-electron chi connectivity index (χ0n) is 9.89. The third kappa shape index (κ3) is 1.58. The van der Waals surface area contributed by atoms with Gasteiger partial charge in [0.25, 0.3) is 16.1 Å². The number of ketones is 1. The average molecular weight is 257 g/mol. The van der Waals surface area contributed by atoms with Gasteiger partial charge in [-0.05, 0) is 24.2 Å². The van der Waals surface area contributed by atoms with Gasteiger partial charge in [-0.3, -0.25) is 4.79 Å². The first-order valence-corrected chi connectivity index (χ1v) is 7.21. The van der Waals surface area contributed by atoms with Gasteiger partial charge in [0.2, 0.25) is 0 Å². The van der Waals surface area contributed by atoms with Crippen molar-refractivity contribution in [3.8, 4) is 0 Å². The molecule has 2 aliphatic carbocycles. The molecule has 0 amide bonds. The van der Waals surface area contributed by atoms with Gasteiger partial charge in [0.1, 0.15) is 5.78 Å². The molecule has 6 heteroatoms. The molecular formula is C11H15NO4S. The second-order valence-corrected chi connectivity index (χ2v) is 7.21. The molecule has 94 valence electrons. The van der Waals surface area contributed by atoms with Crippen LogP contribution < -0.4 is 0 Å². The number of isocyanates is 1. The summed E-state index contributed by atoms with van der Waals surface area (Å²) in [6.45, 7) is 3.88. The molecule has 2 bridgehead atoms. The molecule has 2 rings (SSSR count). The van der Waals surface area contributed by atoms with E-state index >= 15 is 0 Å². The SMILES string of the molecule is CC1(C)[C@@H]2CC[C@@]1(CS(=O)(=O)N=C=O)C(=O)C2. The Morgan fingerprint density at radius 2 is 2.12 bits per heavy atom. The van der Waals surface area contributed by atoms with E-state index < -0.39 is 15.4 Å². The highest BCUT2D eigenvalue weighted by Crippen LogP contribution is 2.64. The van der Waals surface area contributed by atoms with E-state index in [4.69, 9.17) is 0 Å². The largest absolute Gasteiger partial charge is 0.299 e. The second-order valence-electron chi connectivity index (χ2n) is 5.58. The first-order valence-electron chi connectivity index (χ1n) is 5.60. The van der Waals surface area contributed by atoms with E-state index in [0.717, 1.165) is 12.5 Å². The van der Waals surface area contributed by atoms with Crippen molar-refractivity contribution in [1.29, 1.82) is 0 Å². The summed E-state index contributed by atoms with van der Waals surface area (Å²) in [6, 6.07) is 0. The zero-order chi connectivity index (χ0) is 12.9. The van der Waals surface area contributed by atoms with Gasteiger partial charge in [-0.15, -0.1) is 0 Å². The fourth-order valence-corrected chi connectivity index (χ4v) is 4.99. The van der Waals surface area contributed by atoms with Crippen molar-refractivity contribution in [3.05, 3.63) is 0 Å². The van der Waals surface area contributed by atoms with Crippen molar-refractivity contribution < 1.29 is 18.0 Å². The van der Waals surface area contributed by atoms with Gasteiger partial charge in [-0.25, -0.2) is 13.2 Å². The van der Waals surface area contributed by atoms with E-state index in [1.165, 1.54) is 0 Å². The maximum absolute atomic E-state index is 12.1. The lowest BCUT2D eigenvalue weighted by molar-refractivity contribution is -0.128. The normalized spacial score (nSPS) is 34.7. The summed E-state index contributed by atoms with van der Waals surface area (Å²) in [5.41, 5.74) is -1.17. The van der Waals surface area contributed by atoms with Crippen LogP contribution in [0.25, 0.3) is 0 Å². The molecule has 2 fully saturated rings. The first-order chi connectivity index (χ1) is 7.75. The Labute approximate surface area is 100 Å². The van der Waals surface area contributed by atoms with E-state index in [9.17, 15) is 18.0 Å². The molecule has 0 aromatic heterocycles. The fraction of sp³-hybridized carbons (Fsp3) is 0.818. The number of Topliss-reactive ketones (excluding diaryl/α,β-unsaturated/α-hetero) is 1. The highest BCUT2D eigenvalue weighted by Gasteiger charge is 2.65. The van der Waals surface area contributed by atoms with Gasteiger partial charge >= 0.3 is 0 Å². The number of carbonyl (C=O) groups is 1. The topological polar surface area (TPSA) is 80.6 Å². The summed E-state index contributed by atoms with van der Waals surface area (Å²) in [6.07, 6.45) is 2.96. The van der Waals surface area contributed by atoms with Crippen LogP contribution in [0.4, 0.5) is 0 Å². The standard InChI is InChI=1S/C11H15NO4S/c1-10(2)8-3-4-11(10,9(14)5-8)6-17(15,16)12-7-13/h8H,3-6H2,1-2H3/t8-,11-/m1/s1. The lowest BCUT2D eigenvalue weighted by Gasteiger charge is -2.35. The lowest BCUT2D eigenvalue weighted by atomic mass is 9.70. The van der Waals surface area contributed by atoms with Crippen LogP contribution in [0.15, 0.2) is 4.40 Å². The monoisotopic (exact) mass is 257 g/mol.